The van der Waals surface area contributed by atoms with Gasteiger partial charge >= 0.3 is 0 Å². The van der Waals surface area contributed by atoms with Crippen molar-refractivity contribution in [1.29, 1.82) is 0 Å². The molecule has 0 atom stereocenters. The zero-order chi connectivity index (χ0) is 48.7. The number of aromatic amines is 1. The summed E-state index contributed by atoms with van der Waals surface area (Å²) in [6, 6.07) is -5.72. The Balaban J connectivity index is 1.62. The van der Waals surface area contributed by atoms with Crippen LogP contribution in [0.15, 0.2) is 54.4 Å². The van der Waals surface area contributed by atoms with Crippen molar-refractivity contribution in [3.05, 3.63) is 122 Å². The van der Waals surface area contributed by atoms with Gasteiger partial charge in [0.1, 0.15) is 5.82 Å². The third-order valence-electron chi connectivity index (χ3n) is 8.68. The number of aryl methyl sites for hydroxylation is 2. The van der Waals surface area contributed by atoms with Gasteiger partial charge in [0, 0.05) is 47.1 Å². The molecule has 2 N–H and O–H groups in total. The molecule has 0 saturated carbocycles. The predicted molar refractivity (Wildman–Crippen MR) is 193 cm³/mol. The van der Waals surface area contributed by atoms with Crippen molar-refractivity contribution in [2.75, 3.05) is 16.7 Å². The Hall–Kier alpha value is -4.97. The number of hydrogen-bond donors (Lipinski definition) is 2. The van der Waals surface area contributed by atoms with Crippen LogP contribution in [-0.2, 0) is 12.7 Å². The van der Waals surface area contributed by atoms with Gasteiger partial charge in [0.05, 0.1) is 32.2 Å². The van der Waals surface area contributed by atoms with E-state index in [9.17, 15) is 13.0 Å². The van der Waals surface area contributed by atoms with E-state index in [0.29, 0.717) is 21.7 Å². The molecule has 0 aliphatic carbocycles. The van der Waals surface area contributed by atoms with Crippen LogP contribution in [0, 0.1) is 55.4 Å². The van der Waals surface area contributed by atoms with Crippen molar-refractivity contribution in [2.24, 2.45) is 0 Å². The lowest BCUT2D eigenvalue weighted by molar-refractivity contribution is 0.0986. The summed E-state index contributed by atoms with van der Waals surface area (Å²) in [7, 11) is 0. The molecule has 0 saturated heterocycles. The number of nitrogens with one attached hydrogen (secondary N) is 2. The molecule has 6 rings (SSSR count). The highest BCUT2D eigenvalue weighted by atomic mass is 16.2. The highest BCUT2D eigenvalue weighted by Gasteiger charge is 2.30. The van der Waals surface area contributed by atoms with E-state index in [2.05, 4.69) is 4.98 Å². The molecule has 1 aromatic heterocycles. The maximum Gasteiger partial charge on any atom is 0.258 e. The Bertz CT molecular complexity index is 2880. The summed E-state index contributed by atoms with van der Waals surface area (Å²) in [6.45, 7) is 9.46. The SMILES string of the molecule is [2H]c1c([2H])c(C)c(C)c(-c2c(C)c(C)c([2H])c([2H])c2C(=O)N([2H])c2c([2H])c([2H])c(C(=O)N3c4c([2H])c(C)c(C)c(C)c4-c4c(nc(C([2H])([2H])C)n4[2H])C([2H])([2H])C3([2H])[2H])c([2H])c2C)c1[2H]. The van der Waals surface area contributed by atoms with Gasteiger partial charge in [-0.15, -0.1) is 0 Å². The number of benzene rings is 4. The lowest BCUT2D eigenvalue weighted by Gasteiger charge is -2.26. The number of fused-ring (bicyclic) bond motifs is 3. The minimum Gasteiger partial charge on any atom is -0.342 e. The molecule has 4 aromatic carbocycles. The maximum atomic E-state index is 15.1. The van der Waals surface area contributed by atoms with Crippen molar-refractivity contribution in [1.82, 2.24) is 9.96 Å². The molecule has 240 valence electrons. The van der Waals surface area contributed by atoms with Gasteiger partial charge in [0.25, 0.3) is 11.8 Å². The molecule has 47 heavy (non-hydrogen) atoms. The number of aromatic nitrogens is 2. The molecule has 6 nitrogen and oxygen atoms in total. The summed E-state index contributed by atoms with van der Waals surface area (Å²) in [4.78, 5) is 34.6. The molecule has 0 radical (unpaired) electrons. The number of nitrogens with zero attached hydrogens (tertiary/aromatic N) is 2. The smallest absolute Gasteiger partial charge is 0.258 e. The summed E-state index contributed by atoms with van der Waals surface area (Å²) in [5, 5.41) is 0.120. The van der Waals surface area contributed by atoms with E-state index < -0.39 is 125 Å². The molecule has 1 aliphatic heterocycles. The second kappa shape index (κ2) is 12.3. The van der Waals surface area contributed by atoms with E-state index in [1.807, 2.05) is 0 Å². The first-order valence-corrected chi connectivity index (χ1v) is 14.9. The number of anilines is 2. The first-order chi connectivity index (χ1) is 29.2. The van der Waals surface area contributed by atoms with Crippen LogP contribution >= 0.6 is 0 Å². The quantitative estimate of drug-likeness (QED) is 0.201. The van der Waals surface area contributed by atoms with Crippen molar-refractivity contribution < 1.29 is 33.0 Å². The Morgan fingerprint density at radius 3 is 2.40 bits per heavy atom. The lowest BCUT2D eigenvalue weighted by atomic mass is 9.88. The zero-order valence-corrected chi connectivity index (χ0v) is 27.6. The fourth-order valence-corrected chi connectivity index (χ4v) is 5.42. The maximum absolute atomic E-state index is 15.1. The van der Waals surface area contributed by atoms with Gasteiger partial charge in [-0.25, -0.2) is 4.98 Å². The van der Waals surface area contributed by atoms with Crippen LogP contribution in [0.1, 0.15) is 104 Å². The van der Waals surface area contributed by atoms with Gasteiger partial charge in [-0.3, -0.25) is 9.59 Å². The monoisotopic (exact) mass is 641 g/mol. The van der Waals surface area contributed by atoms with Gasteiger partial charge in [-0.1, -0.05) is 31.1 Å². The molecule has 6 heteroatoms. The second-order valence-corrected chi connectivity index (χ2v) is 11.5. The van der Waals surface area contributed by atoms with Gasteiger partial charge < -0.3 is 15.2 Å². The summed E-state index contributed by atoms with van der Waals surface area (Å²) >= 11 is 0. The van der Waals surface area contributed by atoms with Crippen molar-refractivity contribution >= 4 is 23.2 Å². The molecule has 0 unspecified atom stereocenters. The minimum absolute atomic E-state index is 0.00101. The molecular formula is C41H44N4O2. The van der Waals surface area contributed by atoms with Crippen LogP contribution in [0.5, 0.6) is 0 Å². The number of imidazole rings is 1. The number of hydrogen-bond acceptors (Lipinski definition) is 3. The van der Waals surface area contributed by atoms with Crippen LogP contribution in [0.25, 0.3) is 22.4 Å². The fraction of sp³-hybridized carbons (Fsp3) is 0.293. The lowest BCUT2D eigenvalue weighted by Crippen LogP contribution is -2.33. The van der Waals surface area contributed by atoms with Gasteiger partial charge in [0.15, 0.2) is 2.82 Å². The fourth-order valence-electron chi connectivity index (χ4n) is 5.42. The van der Waals surface area contributed by atoms with Crippen molar-refractivity contribution in [3.63, 3.8) is 0 Å². The summed E-state index contributed by atoms with van der Waals surface area (Å²) in [6.07, 6.45) is -5.71. The van der Waals surface area contributed by atoms with Crippen LogP contribution < -0.4 is 10.2 Å². The molecular weight excluding hydrogens is 580 g/mol. The summed E-state index contributed by atoms with van der Waals surface area (Å²) in [5.74, 6) is -3.50. The normalized spacial score (nSPS) is 20.0. The molecule has 0 spiro atoms. The first-order valence-electron chi connectivity index (χ1n) is 23.3. The summed E-state index contributed by atoms with van der Waals surface area (Å²) in [5.41, 5.74) is -2.71. The van der Waals surface area contributed by atoms with Crippen LogP contribution in [0.3, 0.4) is 0 Å². The third kappa shape index (κ3) is 5.56. The molecule has 2 amide bonds. The predicted octanol–water partition coefficient (Wildman–Crippen LogP) is 9.23. The molecule has 1 aliphatic rings. The molecule has 0 fully saturated rings. The number of H-pyrrole nitrogens is 1. The Labute approximate surface area is 302 Å². The standard InChI is InChI=1S/C41H44N4O2/c1-10-36-42-34-18-19-45(35-21-24(4)26(6)29(9)38(35)39(34)44-36)41(47)30-15-17-33(25(5)20-30)43-40(46)32-16-14-23(3)28(8)37(32)31-13-11-12-22(2)27(31)7/h11-17,20-21H,10,18-19H2,1-9H3,(H,42,44)(H,43,46)/i10D2,11D,12D,13D,14D,15D,16D,17D,18D2,19D2,20D,21D/hD2. The Morgan fingerprint density at radius 1 is 0.915 bits per heavy atom. The van der Waals surface area contributed by atoms with Crippen LogP contribution in [0.2, 0.25) is 2.82 Å². The largest absolute Gasteiger partial charge is 0.342 e. The van der Waals surface area contributed by atoms with E-state index in [1.165, 1.54) is 27.7 Å². The zero-order valence-electron chi connectivity index (χ0n) is 44.6. The number of rotatable bonds is 5. The average molecular weight is 642 g/mol. The van der Waals surface area contributed by atoms with Crippen LogP contribution in [0.4, 0.5) is 11.4 Å². The van der Waals surface area contributed by atoms with Crippen LogP contribution in [-0.4, -0.2) is 28.3 Å². The third-order valence-corrected chi connectivity index (χ3v) is 8.68. The van der Waals surface area contributed by atoms with E-state index in [1.54, 1.807) is 20.8 Å². The first kappa shape index (κ1) is 17.3. The average Bonchev–Trinajstić information content (AvgIpc) is 3.55. The van der Waals surface area contributed by atoms with Crippen molar-refractivity contribution in [2.45, 2.75) is 75.1 Å². The topological polar surface area (TPSA) is 78.1 Å². The van der Waals surface area contributed by atoms with E-state index in [-0.39, 0.29) is 55.2 Å². The van der Waals surface area contributed by atoms with E-state index in [0.717, 1.165) is 13.8 Å². The number of amides is 2. The van der Waals surface area contributed by atoms with E-state index in [4.69, 9.17) is 15.2 Å². The Morgan fingerprint density at radius 2 is 1.66 bits per heavy atom. The minimum atomic E-state index is -3.56. The second-order valence-electron chi connectivity index (χ2n) is 11.5. The highest BCUT2D eigenvalue weighted by molar-refractivity contribution is 6.11. The Kier molecular flexibility index (Phi) is 4.53. The van der Waals surface area contributed by atoms with Crippen molar-refractivity contribution in [3.8, 4) is 22.4 Å². The summed E-state index contributed by atoms with van der Waals surface area (Å²) < 4.78 is 152. The molecule has 2 heterocycles. The molecule has 5 aromatic rings. The number of carbonyl (C=O) groups is 2. The highest BCUT2D eigenvalue weighted by Crippen LogP contribution is 2.41. The van der Waals surface area contributed by atoms with Gasteiger partial charge in [-0.05, 0) is 141 Å². The van der Waals surface area contributed by atoms with Gasteiger partial charge in [-0.2, -0.15) is 0 Å². The van der Waals surface area contributed by atoms with Gasteiger partial charge in [0.2, 0.25) is 0 Å². The van der Waals surface area contributed by atoms with E-state index >= 15 is 4.79 Å². The number of carbonyl (C=O) groups excluding carboxylic acids is 2. The molecule has 0 bridgehead atoms.